The smallest absolute Gasteiger partial charge is 0.223 e. The molecule has 2 heterocycles. The lowest BCUT2D eigenvalue weighted by atomic mass is 9.84. The number of nitrogens with one attached hydrogen (secondary N) is 1. The summed E-state index contributed by atoms with van der Waals surface area (Å²) in [6, 6.07) is 6.14. The molecule has 1 aliphatic rings. The number of aryl methyl sites for hydroxylation is 1. The Bertz CT molecular complexity index is 1050. The van der Waals surface area contributed by atoms with Gasteiger partial charge < -0.3 is 16.2 Å². The lowest BCUT2D eigenvalue weighted by Gasteiger charge is -2.34. The van der Waals surface area contributed by atoms with Crippen LogP contribution in [-0.2, 0) is 0 Å². The third kappa shape index (κ3) is 3.67. The quantitative estimate of drug-likeness (QED) is 0.497. The monoisotopic (exact) mass is 431 g/mol. The van der Waals surface area contributed by atoms with Crippen molar-refractivity contribution in [3.63, 3.8) is 0 Å². The largest absolute Gasteiger partial charge is 0.396 e. The number of para-hydroxylation sites is 1. The lowest BCUT2D eigenvalue weighted by molar-refractivity contribution is 0.227. The number of aliphatic hydroxyl groups is 1. The van der Waals surface area contributed by atoms with Gasteiger partial charge in [-0.05, 0) is 56.6 Å². The van der Waals surface area contributed by atoms with Crippen molar-refractivity contribution < 1.29 is 5.11 Å². The first-order valence-electron chi connectivity index (χ1n) is 9.91. The van der Waals surface area contributed by atoms with E-state index in [2.05, 4.69) is 48.2 Å². The number of thiazole rings is 1. The van der Waals surface area contributed by atoms with Crippen LogP contribution in [0.15, 0.2) is 18.2 Å². The number of hydrogen-bond acceptors (Lipinski definition) is 7. The van der Waals surface area contributed by atoms with E-state index >= 15 is 0 Å². The fourth-order valence-electron chi connectivity index (χ4n) is 4.41. The van der Waals surface area contributed by atoms with Gasteiger partial charge in [0.25, 0.3) is 0 Å². The third-order valence-electron chi connectivity index (χ3n) is 6.37. The molecular weight excluding hydrogens is 406 g/mol. The molecule has 0 spiro atoms. The van der Waals surface area contributed by atoms with Gasteiger partial charge >= 0.3 is 0 Å². The van der Waals surface area contributed by atoms with Gasteiger partial charge in [-0.25, -0.2) is 9.97 Å². The highest BCUT2D eigenvalue weighted by atomic mass is 35.5. The molecule has 1 fully saturated rings. The number of hydrogen-bond donors (Lipinski definition) is 3. The Labute approximate surface area is 179 Å². The molecule has 1 saturated carbocycles. The van der Waals surface area contributed by atoms with Crippen molar-refractivity contribution in [2.45, 2.75) is 45.6 Å². The molecule has 3 aromatic rings. The van der Waals surface area contributed by atoms with Crippen LogP contribution in [-0.4, -0.2) is 32.2 Å². The number of halogens is 1. The zero-order valence-corrected chi connectivity index (χ0v) is 18.4. The Balaban J connectivity index is 1.77. The average Bonchev–Trinajstić information content (AvgIpc) is 3.19. The summed E-state index contributed by atoms with van der Waals surface area (Å²) in [7, 11) is 0. The number of benzene rings is 1. The summed E-state index contributed by atoms with van der Waals surface area (Å²) in [6.45, 7) is 6.70. The number of nitrogen functional groups attached to an aromatic ring is 1. The van der Waals surface area contributed by atoms with E-state index in [4.69, 9.17) is 22.3 Å². The Hall–Kier alpha value is -1.96. The minimum Gasteiger partial charge on any atom is -0.396 e. The maximum Gasteiger partial charge on any atom is 0.223 e. The van der Waals surface area contributed by atoms with Crippen LogP contribution in [0.2, 0.25) is 5.15 Å². The van der Waals surface area contributed by atoms with Crippen LogP contribution in [0.3, 0.4) is 0 Å². The zero-order valence-electron chi connectivity index (χ0n) is 16.9. The number of aliphatic hydroxyl groups excluding tert-OH is 1. The second-order valence-electron chi connectivity index (χ2n) is 8.18. The summed E-state index contributed by atoms with van der Waals surface area (Å²) in [4.78, 5) is 13.5. The molecule has 4 rings (SSSR count). The molecule has 3 atom stereocenters. The molecule has 0 bridgehead atoms. The standard InChI is InChI=1S/C21H26ClN5OS/c1-11-5-4-6-14-16(11)24-19(29-14)15-17(22)25-20(23)26-18(15)27-21(3)9-7-13(8-10-28)12(21)2/h4-6,12-13,28H,7-10H2,1-3H3,(H3,23,25,26,27). The summed E-state index contributed by atoms with van der Waals surface area (Å²) in [6.07, 6.45) is 2.86. The summed E-state index contributed by atoms with van der Waals surface area (Å²) in [5.74, 6) is 1.61. The van der Waals surface area contributed by atoms with Gasteiger partial charge in [0.1, 0.15) is 16.0 Å². The summed E-state index contributed by atoms with van der Waals surface area (Å²) >= 11 is 8.12. The first-order chi connectivity index (χ1) is 13.8. The second kappa shape index (κ2) is 7.70. The highest BCUT2D eigenvalue weighted by molar-refractivity contribution is 7.21. The number of rotatable bonds is 5. The van der Waals surface area contributed by atoms with Crippen LogP contribution in [0.25, 0.3) is 20.8 Å². The van der Waals surface area contributed by atoms with Gasteiger partial charge in [-0.15, -0.1) is 11.3 Å². The van der Waals surface area contributed by atoms with Crippen LogP contribution in [0.4, 0.5) is 11.8 Å². The summed E-state index contributed by atoms with van der Waals surface area (Å²) < 4.78 is 1.10. The van der Waals surface area contributed by atoms with E-state index in [1.165, 1.54) is 0 Å². The molecule has 8 heteroatoms. The van der Waals surface area contributed by atoms with E-state index in [0.717, 1.165) is 40.1 Å². The average molecular weight is 432 g/mol. The van der Waals surface area contributed by atoms with Crippen molar-refractivity contribution in [3.8, 4) is 10.6 Å². The minimum absolute atomic E-state index is 0.139. The highest BCUT2D eigenvalue weighted by Gasteiger charge is 2.42. The number of aromatic nitrogens is 3. The Kier molecular flexibility index (Phi) is 5.40. The summed E-state index contributed by atoms with van der Waals surface area (Å²) in [5.41, 5.74) is 8.54. The molecule has 0 amide bonds. The van der Waals surface area contributed by atoms with Gasteiger partial charge in [0.05, 0.1) is 15.8 Å². The maximum atomic E-state index is 9.38. The molecule has 2 aromatic heterocycles. The highest BCUT2D eigenvalue weighted by Crippen LogP contribution is 2.46. The molecule has 1 aliphatic carbocycles. The van der Waals surface area contributed by atoms with Crippen LogP contribution < -0.4 is 11.1 Å². The van der Waals surface area contributed by atoms with Crippen LogP contribution in [0, 0.1) is 18.8 Å². The molecule has 154 valence electrons. The van der Waals surface area contributed by atoms with Crippen molar-refractivity contribution >= 4 is 44.9 Å². The van der Waals surface area contributed by atoms with E-state index in [1.54, 1.807) is 11.3 Å². The third-order valence-corrected chi connectivity index (χ3v) is 7.68. The summed E-state index contributed by atoms with van der Waals surface area (Å²) in [5, 5.41) is 14.1. The van der Waals surface area contributed by atoms with Crippen molar-refractivity contribution in [2.24, 2.45) is 11.8 Å². The molecule has 0 saturated heterocycles. The van der Waals surface area contributed by atoms with Gasteiger partial charge in [0.2, 0.25) is 5.95 Å². The van der Waals surface area contributed by atoms with Crippen molar-refractivity contribution in [3.05, 3.63) is 28.9 Å². The van der Waals surface area contributed by atoms with Gasteiger partial charge in [0, 0.05) is 12.1 Å². The predicted octanol–water partition coefficient (Wildman–Crippen LogP) is 4.90. The second-order valence-corrected chi connectivity index (χ2v) is 9.57. The fourth-order valence-corrected chi connectivity index (χ4v) is 5.83. The Morgan fingerprint density at radius 3 is 2.86 bits per heavy atom. The normalized spacial score (nSPS) is 24.3. The van der Waals surface area contributed by atoms with Gasteiger partial charge in [-0.1, -0.05) is 30.7 Å². The molecule has 6 nitrogen and oxygen atoms in total. The molecule has 3 unspecified atom stereocenters. The number of nitrogens with two attached hydrogens (primary N) is 1. The Morgan fingerprint density at radius 2 is 2.14 bits per heavy atom. The van der Waals surface area contributed by atoms with Gasteiger partial charge in [-0.2, -0.15) is 4.98 Å². The molecule has 0 aliphatic heterocycles. The number of fused-ring (bicyclic) bond motifs is 1. The van der Waals surface area contributed by atoms with Crippen molar-refractivity contribution in [1.82, 2.24) is 15.0 Å². The predicted molar refractivity (Wildman–Crippen MR) is 120 cm³/mol. The molecule has 1 aromatic carbocycles. The fraction of sp³-hybridized carbons (Fsp3) is 0.476. The van der Waals surface area contributed by atoms with Gasteiger partial charge in [-0.3, -0.25) is 0 Å². The number of nitrogens with zero attached hydrogens (tertiary/aromatic N) is 3. The zero-order chi connectivity index (χ0) is 20.8. The molecule has 29 heavy (non-hydrogen) atoms. The van der Waals surface area contributed by atoms with Crippen molar-refractivity contribution in [2.75, 3.05) is 17.7 Å². The van der Waals surface area contributed by atoms with Crippen LogP contribution in [0.5, 0.6) is 0 Å². The Morgan fingerprint density at radius 1 is 1.34 bits per heavy atom. The van der Waals surface area contributed by atoms with E-state index in [-0.39, 0.29) is 18.1 Å². The van der Waals surface area contributed by atoms with E-state index in [9.17, 15) is 5.11 Å². The van der Waals surface area contributed by atoms with Crippen LogP contribution in [0.1, 0.15) is 38.7 Å². The first kappa shape index (κ1) is 20.3. The van der Waals surface area contributed by atoms with Crippen molar-refractivity contribution in [1.29, 1.82) is 0 Å². The van der Waals surface area contributed by atoms with E-state index in [1.807, 2.05) is 6.07 Å². The molecular formula is C21H26ClN5OS. The van der Waals surface area contributed by atoms with Gasteiger partial charge in [0.15, 0.2) is 0 Å². The minimum atomic E-state index is -0.175. The molecule has 0 radical (unpaired) electrons. The van der Waals surface area contributed by atoms with Crippen LogP contribution >= 0.6 is 22.9 Å². The maximum absolute atomic E-state index is 9.38. The SMILES string of the molecule is Cc1cccc2sc(-c3c(Cl)nc(N)nc3NC3(C)CCC(CCO)C3C)nc12. The topological polar surface area (TPSA) is 97.0 Å². The molecule has 4 N–H and O–H groups in total. The number of anilines is 2. The lowest BCUT2D eigenvalue weighted by Crippen LogP contribution is -2.39. The van der Waals surface area contributed by atoms with E-state index in [0.29, 0.717) is 28.4 Å². The van der Waals surface area contributed by atoms with E-state index < -0.39 is 0 Å². The first-order valence-corrected chi connectivity index (χ1v) is 11.1.